The largest absolute Gasteiger partial charge is 0.365 e. The van der Waals surface area contributed by atoms with Crippen molar-refractivity contribution in [2.75, 3.05) is 6.54 Å². The third kappa shape index (κ3) is 4.11. The number of carbonyl (C=O) groups is 2. The van der Waals surface area contributed by atoms with E-state index in [0.717, 1.165) is 0 Å². The molecule has 0 unspecified atom stereocenters. The fourth-order valence-corrected chi connectivity index (χ4v) is 4.41. The van der Waals surface area contributed by atoms with Gasteiger partial charge in [0.05, 0.1) is 24.3 Å². The summed E-state index contributed by atoms with van der Waals surface area (Å²) in [6, 6.07) is 6.59. The standard InChI is InChI=1S/C21H24ClF2N5O2/c1-20(2,13-9-21(23,24)10-13)26-19(31)28-6-7-29-15(11-28)16(18(25)30)17(27-29)12-4-3-5-14(22)8-12/h3-5,8,13H,6-7,9-11H2,1-2H3,(H2,25,30)(H,26,31). The summed E-state index contributed by atoms with van der Waals surface area (Å²) in [4.78, 5) is 26.7. The molecular weight excluding hydrogens is 428 g/mol. The Labute approximate surface area is 183 Å². The smallest absolute Gasteiger partial charge is 0.318 e. The highest BCUT2D eigenvalue weighted by atomic mass is 35.5. The number of amides is 3. The maximum atomic E-state index is 13.3. The lowest BCUT2D eigenvalue weighted by atomic mass is 9.70. The molecule has 166 valence electrons. The van der Waals surface area contributed by atoms with E-state index in [1.807, 2.05) is 0 Å². The molecule has 7 nitrogen and oxygen atoms in total. The molecule has 4 rings (SSSR count). The number of hydrogen-bond acceptors (Lipinski definition) is 3. The van der Waals surface area contributed by atoms with Crippen molar-refractivity contribution < 1.29 is 18.4 Å². The highest BCUT2D eigenvalue weighted by Gasteiger charge is 2.52. The molecule has 2 heterocycles. The van der Waals surface area contributed by atoms with Crippen LogP contribution in [0.1, 0.15) is 42.7 Å². The number of fused-ring (bicyclic) bond motifs is 1. The van der Waals surface area contributed by atoms with Gasteiger partial charge in [0.25, 0.3) is 5.91 Å². The summed E-state index contributed by atoms with van der Waals surface area (Å²) in [5, 5.41) is 7.92. The summed E-state index contributed by atoms with van der Waals surface area (Å²) >= 11 is 6.08. The normalized spacial score (nSPS) is 18.3. The van der Waals surface area contributed by atoms with Crippen molar-refractivity contribution in [2.45, 2.75) is 51.2 Å². The molecule has 0 bridgehead atoms. The highest BCUT2D eigenvalue weighted by Crippen LogP contribution is 2.47. The first-order valence-electron chi connectivity index (χ1n) is 10.1. The Morgan fingerprint density at radius 2 is 2.00 bits per heavy atom. The van der Waals surface area contributed by atoms with Crippen molar-refractivity contribution >= 4 is 23.5 Å². The Morgan fingerprint density at radius 3 is 2.61 bits per heavy atom. The van der Waals surface area contributed by atoms with Gasteiger partial charge in [-0.15, -0.1) is 0 Å². The minimum Gasteiger partial charge on any atom is -0.365 e. The zero-order chi connectivity index (χ0) is 22.6. The topological polar surface area (TPSA) is 93.2 Å². The minimum atomic E-state index is -2.66. The summed E-state index contributed by atoms with van der Waals surface area (Å²) in [6.45, 7) is 4.39. The molecule has 0 saturated heterocycles. The van der Waals surface area contributed by atoms with E-state index in [0.29, 0.717) is 35.1 Å². The summed E-state index contributed by atoms with van der Waals surface area (Å²) in [7, 11) is 0. The van der Waals surface area contributed by atoms with Gasteiger partial charge in [-0.05, 0) is 31.9 Å². The van der Waals surface area contributed by atoms with Crippen LogP contribution in [0.5, 0.6) is 0 Å². The lowest BCUT2D eigenvalue weighted by molar-refractivity contribution is -0.129. The van der Waals surface area contributed by atoms with E-state index >= 15 is 0 Å². The van der Waals surface area contributed by atoms with Crippen molar-refractivity contribution in [3.05, 3.63) is 40.5 Å². The molecule has 1 saturated carbocycles. The number of nitrogens with zero attached hydrogens (tertiary/aromatic N) is 3. The van der Waals surface area contributed by atoms with Gasteiger partial charge in [-0.1, -0.05) is 23.7 Å². The lowest BCUT2D eigenvalue weighted by Crippen LogP contribution is -2.59. The van der Waals surface area contributed by atoms with Crippen LogP contribution >= 0.6 is 11.6 Å². The van der Waals surface area contributed by atoms with Gasteiger partial charge in [0.2, 0.25) is 5.92 Å². The van der Waals surface area contributed by atoms with E-state index in [2.05, 4.69) is 10.4 Å². The Bertz CT molecular complexity index is 1040. The molecule has 2 aromatic rings. The number of alkyl halides is 2. The molecule has 1 aromatic heterocycles. The Kier molecular flexibility index (Phi) is 5.20. The number of nitrogens with one attached hydrogen (secondary N) is 1. The van der Waals surface area contributed by atoms with Crippen LogP contribution in [0, 0.1) is 5.92 Å². The van der Waals surface area contributed by atoms with Crippen molar-refractivity contribution in [2.24, 2.45) is 11.7 Å². The first-order chi connectivity index (χ1) is 14.5. The fraction of sp³-hybridized carbons (Fsp3) is 0.476. The highest BCUT2D eigenvalue weighted by molar-refractivity contribution is 6.30. The van der Waals surface area contributed by atoms with Crippen LogP contribution in [0.4, 0.5) is 13.6 Å². The van der Waals surface area contributed by atoms with Gasteiger partial charge < -0.3 is 16.0 Å². The number of primary amides is 1. The monoisotopic (exact) mass is 451 g/mol. The molecule has 31 heavy (non-hydrogen) atoms. The second kappa shape index (κ2) is 7.47. The Morgan fingerprint density at radius 1 is 1.29 bits per heavy atom. The van der Waals surface area contributed by atoms with Crippen LogP contribution in [0.15, 0.2) is 24.3 Å². The van der Waals surface area contributed by atoms with Gasteiger partial charge in [0.15, 0.2) is 0 Å². The van der Waals surface area contributed by atoms with E-state index in [-0.39, 0.29) is 36.9 Å². The van der Waals surface area contributed by atoms with Crippen molar-refractivity contribution in [3.63, 3.8) is 0 Å². The zero-order valence-corrected chi connectivity index (χ0v) is 18.0. The number of carbonyl (C=O) groups excluding carboxylic acids is 2. The predicted molar refractivity (Wildman–Crippen MR) is 112 cm³/mol. The van der Waals surface area contributed by atoms with Gasteiger partial charge >= 0.3 is 6.03 Å². The number of nitrogens with two attached hydrogens (primary N) is 1. The third-order valence-electron chi connectivity index (χ3n) is 6.15. The molecule has 0 atom stereocenters. The van der Waals surface area contributed by atoms with E-state index in [9.17, 15) is 18.4 Å². The molecule has 1 fully saturated rings. The average molecular weight is 452 g/mol. The fourth-order valence-electron chi connectivity index (χ4n) is 4.22. The van der Waals surface area contributed by atoms with Gasteiger partial charge in [-0.2, -0.15) is 5.10 Å². The van der Waals surface area contributed by atoms with Crippen LogP contribution in [0.3, 0.4) is 0 Å². The number of halogens is 3. The van der Waals surface area contributed by atoms with Crippen LogP contribution < -0.4 is 11.1 Å². The van der Waals surface area contributed by atoms with E-state index in [1.165, 1.54) is 0 Å². The van der Waals surface area contributed by atoms with Crippen molar-refractivity contribution in [1.29, 1.82) is 0 Å². The number of aromatic nitrogens is 2. The number of benzene rings is 1. The average Bonchev–Trinajstić information content (AvgIpc) is 3.04. The van der Waals surface area contributed by atoms with Gasteiger partial charge in [-0.25, -0.2) is 13.6 Å². The second-order valence-electron chi connectivity index (χ2n) is 8.80. The molecule has 3 N–H and O–H groups in total. The quantitative estimate of drug-likeness (QED) is 0.743. The van der Waals surface area contributed by atoms with E-state index in [4.69, 9.17) is 17.3 Å². The summed E-state index contributed by atoms with van der Waals surface area (Å²) in [5.74, 6) is -3.59. The molecule has 1 aliphatic heterocycles. The minimum absolute atomic E-state index is 0.134. The molecule has 1 aliphatic carbocycles. The van der Waals surface area contributed by atoms with Crippen molar-refractivity contribution in [1.82, 2.24) is 20.0 Å². The number of hydrogen-bond donors (Lipinski definition) is 2. The molecule has 3 amide bonds. The first kappa shape index (κ1) is 21.5. The molecule has 0 spiro atoms. The lowest BCUT2D eigenvalue weighted by Gasteiger charge is -2.46. The van der Waals surface area contributed by atoms with Crippen LogP contribution in [-0.4, -0.2) is 44.6 Å². The van der Waals surface area contributed by atoms with Gasteiger partial charge in [0.1, 0.15) is 5.69 Å². The Balaban J connectivity index is 1.55. The molecule has 1 aromatic carbocycles. The first-order valence-corrected chi connectivity index (χ1v) is 10.4. The van der Waals surface area contributed by atoms with Crippen molar-refractivity contribution in [3.8, 4) is 11.3 Å². The van der Waals surface area contributed by atoms with E-state index in [1.54, 1.807) is 47.7 Å². The van der Waals surface area contributed by atoms with Crippen LogP contribution in [0.25, 0.3) is 11.3 Å². The Hall–Kier alpha value is -2.68. The summed E-state index contributed by atoms with van der Waals surface area (Å²) in [6.07, 6.45) is -0.469. The SMILES string of the molecule is CC(C)(NC(=O)N1CCn2nc(-c3cccc(Cl)c3)c(C(N)=O)c2C1)C1CC(F)(F)C1. The molecular formula is C21H24ClF2N5O2. The number of rotatable bonds is 4. The summed E-state index contributed by atoms with van der Waals surface area (Å²) in [5.41, 5.74) is 6.75. The van der Waals surface area contributed by atoms with E-state index < -0.39 is 17.4 Å². The molecule has 10 heteroatoms. The predicted octanol–water partition coefficient (Wildman–Crippen LogP) is 3.65. The zero-order valence-electron chi connectivity index (χ0n) is 17.3. The molecule has 2 aliphatic rings. The second-order valence-corrected chi connectivity index (χ2v) is 9.24. The van der Waals surface area contributed by atoms with Gasteiger partial charge in [-0.3, -0.25) is 9.48 Å². The summed E-state index contributed by atoms with van der Waals surface area (Å²) < 4.78 is 28.2. The molecule has 0 radical (unpaired) electrons. The van der Waals surface area contributed by atoms with Gasteiger partial charge in [0, 0.05) is 35.5 Å². The maximum absolute atomic E-state index is 13.3. The van der Waals surface area contributed by atoms with Crippen LogP contribution in [0.2, 0.25) is 5.02 Å². The van der Waals surface area contributed by atoms with Crippen LogP contribution in [-0.2, 0) is 13.1 Å². The maximum Gasteiger partial charge on any atom is 0.318 e. The third-order valence-corrected chi connectivity index (χ3v) is 6.39. The number of urea groups is 1.